The van der Waals surface area contributed by atoms with Crippen LogP contribution >= 0.6 is 22.9 Å². The van der Waals surface area contributed by atoms with E-state index in [-0.39, 0.29) is 18.6 Å². The van der Waals surface area contributed by atoms with E-state index >= 15 is 0 Å². The number of nitrogens with one attached hydrogen (secondary N) is 2. The second-order valence-electron chi connectivity index (χ2n) is 3.50. The fraction of sp³-hybridized carbons (Fsp3) is 0.778. The second-order valence-corrected chi connectivity index (χ2v) is 4.04. The number of ether oxygens (including phenoxy) is 1. The minimum absolute atomic E-state index is 0.208. The maximum atomic E-state index is 11.1. The summed E-state index contributed by atoms with van der Waals surface area (Å²) in [5.41, 5.74) is 0. The van der Waals surface area contributed by atoms with E-state index in [0.29, 0.717) is 18.9 Å². The van der Waals surface area contributed by atoms with Crippen molar-refractivity contribution in [3.05, 3.63) is 0 Å². The van der Waals surface area contributed by atoms with E-state index < -0.39 is 0 Å². The molecule has 0 aromatic carbocycles. The number of hydrogen-bond acceptors (Lipinski definition) is 3. The molecule has 6 heteroatoms. The Hall–Kier alpha value is -0.530. The van der Waals surface area contributed by atoms with Crippen LogP contribution in [0, 0.1) is 5.92 Å². The van der Waals surface area contributed by atoms with Gasteiger partial charge in [0.2, 0.25) is 0 Å². The smallest absolute Gasteiger partial charge is 0.323 e. The number of carbonyl (C=O) groups is 2. The first-order valence-electron chi connectivity index (χ1n) is 4.86. The normalized spacial score (nSPS) is 9.87. The van der Waals surface area contributed by atoms with Crippen LogP contribution in [-0.4, -0.2) is 25.2 Å². The summed E-state index contributed by atoms with van der Waals surface area (Å²) in [6, 6.07) is -0.283. The predicted octanol–water partition coefficient (Wildman–Crippen LogP) is 1.61. The molecule has 0 bridgehead atoms. The lowest BCUT2D eigenvalue weighted by Crippen LogP contribution is -2.32. The molecule has 0 heterocycles. The molecule has 0 rings (SSSR count). The van der Waals surface area contributed by atoms with Gasteiger partial charge in [-0.25, -0.2) is 4.79 Å². The summed E-state index contributed by atoms with van der Waals surface area (Å²) in [5.74, 6) is 0.292. The molecule has 0 saturated carbocycles. The molecule has 0 aromatic heterocycles. The van der Waals surface area contributed by atoms with Gasteiger partial charge < -0.3 is 10.1 Å². The summed E-state index contributed by atoms with van der Waals surface area (Å²) in [7, 11) is 0. The maximum absolute atomic E-state index is 11.1. The van der Waals surface area contributed by atoms with Crippen molar-refractivity contribution >= 4 is 34.9 Å². The third kappa shape index (κ3) is 9.77. The number of amides is 2. The third-order valence-corrected chi connectivity index (χ3v) is 2.15. The summed E-state index contributed by atoms with van der Waals surface area (Å²) >= 11 is 1.73. The molecular weight excluding hydrogens is 311 g/mol. The topological polar surface area (TPSA) is 67.4 Å². The van der Waals surface area contributed by atoms with E-state index in [4.69, 9.17) is 4.74 Å². The van der Waals surface area contributed by atoms with E-state index in [0.717, 1.165) is 6.42 Å². The van der Waals surface area contributed by atoms with Crippen LogP contribution in [0.1, 0.15) is 26.7 Å². The Bertz CT molecular complexity index is 210. The maximum Gasteiger partial charge on any atom is 0.323 e. The number of halogens is 1. The number of carbonyl (C=O) groups excluding carboxylic acids is 2. The zero-order chi connectivity index (χ0) is 11.7. The fourth-order valence-electron chi connectivity index (χ4n) is 0.842. The molecule has 0 unspecified atom stereocenters. The highest BCUT2D eigenvalue weighted by molar-refractivity contribution is 14.1. The summed E-state index contributed by atoms with van der Waals surface area (Å²) in [5, 5.41) is 2.52. The molecule has 5 nitrogen and oxygen atoms in total. The third-order valence-electron chi connectivity index (χ3n) is 1.66. The number of hydrogen-bond donors (Lipinski definition) is 2. The lowest BCUT2D eigenvalue weighted by atomic mass is 10.1. The second kappa shape index (κ2) is 8.75. The Morgan fingerprint density at radius 2 is 2.07 bits per heavy atom. The fourth-order valence-corrected chi connectivity index (χ4v) is 1.03. The highest BCUT2D eigenvalue weighted by atomic mass is 127. The van der Waals surface area contributed by atoms with Crippen molar-refractivity contribution < 1.29 is 14.3 Å². The number of urea groups is 1. The first-order chi connectivity index (χ1) is 7.06. The van der Waals surface area contributed by atoms with Crippen LogP contribution in [-0.2, 0) is 9.53 Å². The lowest BCUT2D eigenvalue weighted by Gasteiger charge is -2.06. The van der Waals surface area contributed by atoms with Crippen molar-refractivity contribution in [2.45, 2.75) is 26.7 Å². The van der Waals surface area contributed by atoms with Gasteiger partial charge in [0.15, 0.2) is 0 Å². The van der Waals surface area contributed by atoms with Crippen LogP contribution < -0.4 is 8.85 Å². The molecule has 0 saturated heterocycles. The van der Waals surface area contributed by atoms with Gasteiger partial charge in [0, 0.05) is 6.42 Å². The Kier molecular flexibility index (Phi) is 8.44. The molecule has 0 atom stereocenters. The quantitative estimate of drug-likeness (QED) is 0.337. The summed E-state index contributed by atoms with van der Waals surface area (Å²) in [4.78, 5) is 21.8. The zero-order valence-corrected chi connectivity index (χ0v) is 11.2. The zero-order valence-electron chi connectivity index (χ0n) is 9.01. The molecule has 0 fully saturated rings. The van der Waals surface area contributed by atoms with Gasteiger partial charge in [-0.05, 0) is 12.3 Å². The molecular formula is C9H17IN2O3. The number of esters is 1. The van der Waals surface area contributed by atoms with Gasteiger partial charge in [0.05, 0.1) is 29.4 Å². The molecule has 0 aliphatic heterocycles. The van der Waals surface area contributed by atoms with Crippen LogP contribution in [0.3, 0.4) is 0 Å². The van der Waals surface area contributed by atoms with Crippen molar-refractivity contribution in [3.63, 3.8) is 0 Å². The van der Waals surface area contributed by atoms with Gasteiger partial charge in [-0.1, -0.05) is 13.8 Å². The minimum Gasteiger partial charge on any atom is -0.464 e. The van der Waals surface area contributed by atoms with Gasteiger partial charge in [0.25, 0.3) is 0 Å². The summed E-state index contributed by atoms with van der Waals surface area (Å²) < 4.78 is 7.28. The summed E-state index contributed by atoms with van der Waals surface area (Å²) in [6.45, 7) is 4.67. The van der Waals surface area contributed by atoms with E-state index in [1.807, 2.05) is 0 Å². The highest BCUT2D eigenvalue weighted by Gasteiger charge is 2.04. The molecule has 0 spiro atoms. The molecule has 2 amide bonds. The Balaban J connectivity index is 3.35. The molecule has 0 aromatic rings. The Morgan fingerprint density at radius 1 is 1.40 bits per heavy atom. The number of rotatable bonds is 6. The molecule has 0 aliphatic rings. The minimum atomic E-state index is -0.283. The van der Waals surface area contributed by atoms with E-state index in [1.54, 1.807) is 22.9 Å². The first-order valence-corrected chi connectivity index (χ1v) is 5.94. The summed E-state index contributed by atoms with van der Waals surface area (Å²) in [6.07, 6.45) is 1.27. The standard InChI is InChI=1S/C9H17IN2O3/c1-7(2)3-4-8(13)15-6-5-11-9(14)12-10/h7H,3-6H2,1-2H3,(H2,11,12,14). The monoisotopic (exact) mass is 328 g/mol. The van der Waals surface area contributed by atoms with Gasteiger partial charge >= 0.3 is 12.0 Å². The van der Waals surface area contributed by atoms with Crippen molar-refractivity contribution in [1.82, 2.24) is 8.85 Å². The van der Waals surface area contributed by atoms with Crippen LogP contribution in [0.15, 0.2) is 0 Å². The van der Waals surface area contributed by atoms with Gasteiger partial charge in [-0.3, -0.25) is 8.32 Å². The average Bonchev–Trinajstić information content (AvgIpc) is 2.21. The van der Waals surface area contributed by atoms with Crippen LogP contribution in [0.2, 0.25) is 0 Å². The molecule has 0 aliphatic carbocycles. The molecule has 88 valence electrons. The first kappa shape index (κ1) is 14.5. The van der Waals surface area contributed by atoms with Crippen LogP contribution in [0.5, 0.6) is 0 Å². The Morgan fingerprint density at radius 3 is 2.60 bits per heavy atom. The largest absolute Gasteiger partial charge is 0.464 e. The van der Waals surface area contributed by atoms with Gasteiger partial charge in [0.1, 0.15) is 6.61 Å². The lowest BCUT2D eigenvalue weighted by molar-refractivity contribution is -0.143. The van der Waals surface area contributed by atoms with Gasteiger partial charge in [-0.15, -0.1) is 0 Å². The van der Waals surface area contributed by atoms with E-state index in [9.17, 15) is 9.59 Å². The molecule has 2 N–H and O–H groups in total. The van der Waals surface area contributed by atoms with Crippen LogP contribution in [0.25, 0.3) is 0 Å². The molecule has 15 heavy (non-hydrogen) atoms. The van der Waals surface area contributed by atoms with Gasteiger partial charge in [-0.2, -0.15) is 0 Å². The van der Waals surface area contributed by atoms with E-state index in [2.05, 4.69) is 22.7 Å². The van der Waals surface area contributed by atoms with Crippen molar-refractivity contribution in [2.75, 3.05) is 13.2 Å². The molecule has 0 radical (unpaired) electrons. The predicted molar refractivity (Wildman–Crippen MR) is 65.6 cm³/mol. The van der Waals surface area contributed by atoms with Crippen molar-refractivity contribution in [3.8, 4) is 0 Å². The van der Waals surface area contributed by atoms with E-state index in [1.165, 1.54) is 0 Å². The SMILES string of the molecule is CC(C)CCC(=O)OCCNC(=O)NI. The van der Waals surface area contributed by atoms with Crippen molar-refractivity contribution in [1.29, 1.82) is 0 Å². The highest BCUT2D eigenvalue weighted by Crippen LogP contribution is 2.03. The van der Waals surface area contributed by atoms with Crippen LogP contribution in [0.4, 0.5) is 4.79 Å². The Labute approximate surface area is 104 Å². The van der Waals surface area contributed by atoms with Crippen molar-refractivity contribution in [2.24, 2.45) is 5.92 Å². The average molecular weight is 328 g/mol.